The van der Waals surface area contributed by atoms with Gasteiger partial charge >= 0.3 is 0 Å². The Bertz CT molecular complexity index is 535. The fraction of sp³-hybridized carbons (Fsp3) is 0.600. The second kappa shape index (κ2) is 7.24. The van der Waals surface area contributed by atoms with Crippen LogP contribution in [0.3, 0.4) is 0 Å². The van der Waals surface area contributed by atoms with Crippen molar-refractivity contribution < 1.29 is 8.42 Å². The quantitative estimate of drug-likeness (QED) is 0.687. The highest BCUT2D eigenvalue weighted by molar-refractivity contribution is 7.89. The van der Waals surface area contributed by atoms with Gasteiger partial charge in [0.2, 0.25) is 10.0 Å². The van der Waals surface area contributed by atoms with Crippen LogP contribution in [0.4, 0.5) is 5.69 Å². The minimum atomic E-state index is -3.43. The number of rotatable bonds is 8. The van der Waals surface area contributed by atoms with E-state index in [2.05, 4.69) is 23.9 Å². The molecule has 1 aromatic carbocycles. The van der Waals surface area contributed by atoms with Crippen LogP contribution < -0.4 is 15.8 Å². The maximum Gasteiger partial charge on any atom is 0.240 e. The van der Waals surface area contributed by atoms with Crippen LogP contribution in [-0.2, 0) is 10.0 Å². The topological polar surface area (TPSA) is 84.2 Å². The second-order valence-corrected chi connectivity index (χ2v) is 7.44. The van der Waals surface area contributed by atoms with Crippen LogP contribution in [0.1, 0.15) is 40.5 Å². The summed E-state index contributed by atoms with van der Waals surface area (Å²) in [7, 11) is -3.43. The summed E-state index contributed by atoms with van der Waals surface area (Å²) in [5, 5.41) is 3.27. The highest BCUT2D eigenvalue weighted by Gasteiger charge is 2.20. The van der Waals surface area contributed by atoms with Crippen LogP contribution in [0.25, 0.3) is 0 Å². The van der Waals surface area contributed by atoms with Gasteiger partial charge in [-0.05, 0) is 51.0 Å². The van der Waals surface area contributed by atoms with E-state index in [0.717, 1.165) is 18.5 Å². The number of anilines is 1. The lowest BCUT2D eigenvalue weighted by molar-refractivity contribution is 0.418. The zero-order valence-corrected chi connectivity index (χ0v) is 14.1. The summed E-state index contributed by atoms with van der Waals surface area (Å²) in [4.78, 5) is 0.270. The molecule has 6 heteroatoms. The predicted molar refractivity (Wildman–Crippen MR) is 87.9 cm³/mol. The van der Waals surface area contributed by atoms with Crippen LogP contribution in [0, 0.1) is 0 Å². The average molecular weight is 313 g/mol. The zero-order chi connectivity index (χ0) is 16.1. The van der Waals surface area contributed by atoms with Gasteiger partial charge in [-0.15, -0.1) is 0 Å². The standard InChI is InChI=1S/C15H27N3O2S/c1-5-15(16,6-2)11-17-13-7-9-14(10-8-13)21(19,20)18-12(3)4/h7-10,12,17-18H,5-6,11,16H2,1-4H3. The first-order chi connectivity index (χ1) is 9.72. The smallest absolute Gasteiger partial charge is 0.240 e. The summed E-state index contributed by atoms with van der Waals surface area (Å²) in [6, 6.07) is 6.60. The van der Waals surface area contributed by atoms with E-state index < -0.39 is 10.0 Å². The van der Waals surface area contributed by atoms with Crippen molar-refractivity contribution in [2.45, 2.75) is 57.0 Å². The van der Waals surface area contributed by atoms with E-state index in [1.807, 2.05) is 0 Å². The Kier molecular flexibility index (Phi) is 6.19. The normalized spacial score (nSPS) is 12.7. The maximum absolute atomic E-state index is 12.0. The molecule has 0 aliphatic carbocycles. The van der Waals surface area contributed by atoms with E-state index >= 15 is 0 Å². The Morgan fingerprint density at radius 3 is 2.10 bits per heavy atom. The van der Waals surface area contributed by atoms with Gasteiger partial charge in [0.1, 0.15) is 0 Å². The number of sulfonamides is 1. The van der Waals surface area contributed by atoms with Gasteiger partial charge in [0.05, 0.1) is 4.90 Å². The summed E-state index contributed by atoms with van der Waals surface area (Å²) in [5.41, 5.74) is 6.87. The third-order valence-electron chi connectivity index (χ3n) is 3.61. The van der Waals surface area contributed by atoms with Gasteiger partial charge in [-0.1, -0.05) is 13.8 Å². The Balaban J connectivity index is 2.75. The molecule has 0 fully saturated rings. The van der Waals surface area contributed by atoms with Crippen molar-refractivity contribution >= 4 is 15.7 Å². The van der Waals surface area contributed by atoms with Gasteiger partial charge in [0, 0.05) is 23.8 Å². The van der Waals surface area contributed by atoms with Gasteiger partial charge in [-0.25, -0.2) is 13.1 Å². The molecule has 0 amide bonds. The lowest BCUT2D eigenvalue weighted by Crippen LogP contribution is -2.45. The van der Waals surface area contributed by atoms with Gasteiger partial charge in [0.15, 0.2) is 0 Å². The molecule has 4 N–H and O–H groups in total. The number of hydrogen-bond donors (Lipinski definition) is 3. The Morgan fingerprint density at radius 1 is 1.14 bits per heavy atom. The van der Waals surface area contributed by atoms with Crippen LogP contribution in [0.15, 0.2) is 29.2 Å². The Labute approximate surface area is 128 Å². The van der Waals surface area contributed by atoms with Crippen molar-refractivity contribution in [1.29, 1.82) is 0 Å². The molecule has 0 spiro atoms. The van der Waals surface area contributed by atoms with E-state index in [4.69, 9.17) is 5.73 Å². The second-order valence-electron chi connectivity index (χ2n) is 5.72. The Morgan fingerprint density at radius 2 is 1.67 bits per heavy atom. The first kappa shape index (κ1) is 17.9. The SMILES string of the molecule is CCC(N)(CC)CNc1ccc(S(=O)(=O)NC(C)C)cc1. The van der Waals surface area contributed by atoms with Crippen molar-refractivity contribution in [2.75, 3.05) is 11.9 Å². The minimum absolute atomic E-state index is 0.125. The van der Waals surface area contributed by atoms with Crippen molar-refractivity contribution in [1.82, 2.24) is 4.72 Å². The van der Waals surface area contributed by atoms with Gasteiger partial charge in [0.25, 0.3) is 0 Å². The fourth-order valence-corrected chi connectivity index (χ4v) is 3.16. The summed E-state index contributed by atoms with van der Waals surface area (Å²) >= 11 is 0. The van der Waals surface area contributed by atoms with Gasteiger partial charge in [-0.2, -0.15) is 0 Å². The molecule has 21 heavy (non-hydrogen) atoms. The van der Waals surface area contributed by atoms with E-state index in [1.165, 1.54) is 0 Å². The minimum Gasteiger partial charge on any atom is -0.383 e. The van der Waals surface area contributed by atoms with E-state index in [0.29, 0.717) is 6.54 Å². The Hall–Kier alpha value is -1.11. The molecule has 0 saturated carbocycles. The molecule has 0 unspecified atom stereocenters. The van der Waals surface area contributed by atoms with Crippen LogP contribution in [0.2, 0.25) is 0 Å². The van der Waals surface area contributed by atoms with Crippen molar-refractivity contribution in [3.63, 3.8) is 0 Å². The van der Waals surface area contributed by atoms with Gasteiger partial charge < -0.3 is 11.1 Å². The third kappa shape index (κ3) is 5.30. The molecule has 1 aromatic rings. The molecule has 0 atom stereocenters. The fourth-order valence-electron chi connectivity index (χ4n) is 1.91. The van der Waals surface area contributed by atoms with Crippen molar-refractivity contribution in [3.05, 3.63) is 24.3 Å². The zero-order valence-electron chi connectivity index (χ0n) is 13.3. The molecule has 0 radical (unpaired) electrons. The lowest BCUT2D eigenvalue weighted by atomic mass is 9.94. The van der Waals surface area contributed by atoms with Crippen LogP contribution >= 0.6 is 0 Å². The molecule has 0 bridgehead atoms. The summed E-state index contributed by atoms with van der Waals surface area (Å²) in [6.07, 6.45) is 1.78. The molecule has 0 saturated heterocycles. The molecule has 0 aliphatic rings. The van der Waals surface area contributed by atoms with Crippen LogP contribution in [0.5, 0.6) is 0 Å². The summed E-state index contributed by atoms with van der Waals surface area (Å²) < 4.78 is 26.6. The largest absolute Gasteiger partial charge is 0.383 e. The highest BCUT2D eigenvalue weighted by Crippen LogP contribution is 2.17. The molecule has 5 nitrogen and oxygen atoms in total. The van der Waals surface area contributed by atoms with Crippen molar-refractivity contribution in [3.8, 4) is 0 Å². The highest BCUT2D eigenvalue weighted by atomic mass is 32.2. The third-order valence-corrected chi connectivity index (χ3v) is 5.28. The van der Waals surface area contributed by atoms with Gasteiger partial charge in [-0.3, -0.25) is 0 Å². The summed E-state index contributed by atoms with van der Waals surface area (Å²) in [6.45, 7) is 8.39. The molecule has 0 heterocycles. The number of hydrogen-bond acceptors (Lipinski definition) is 4. The van der Waals surface area contributed by atoms with Crippen LogP contribution in [-0.4, -0.2) is 26.5 Å². The molecule has 120 valence electrons. The maximum atomic E-state index is 12.0. The monoisotopic (exact) mass is 313 g/mol. The molecular formula is C15H27N3O2S. The molecule has 0 aromatic heterocycles. The number of benzene rings is 1. The van der Waals surface area contributed by atoms with E-state index in [9.17, 15) is 8.42 Å². The van der Waals surface area contributed by atoms with E-state index in [-0.39, 0.29) is 16.5 Å². The summed E-state index contributed by atoms with van der Waals surface area (Å²) in [5.74, 6) is 0. The van der Waals surface area contributed by atoms with Crippen molar-refractivity contribution in [2.24, 2.45) is 5.73 Å². The average Bonchev–Trinajstić information content (AvgIpc) is 2.44. The number of nitrogens with one attached hydrogen (secondary N) is 2. The first-order valence-electron chi connectivity index (χ1n) is 7.37. The first-order valence-corrected chi connectivity index (χ1v) is 8.86. The number of nitrogens with two attached hydrogens (primary N) is 1. The molecular weight excluding hydrogens is 286 g/mol. The van der Waals surface area contributed by atoms with E-state index in [1.54, 1.807) is 38.1 Å². The lowest BCUT2D eigenvalue weighted by Gasteiger charge is -2.27. The molecule has 1 rings (SSSR count). The predicted octanol–water partition coefficient (Wildman–Crippen LogP) is 2.30. The molecule has 0 aliphatic heterocycles.